The highest BCUT2D eigenvalue weighted by molar-refractivity contribution is 7.18. The minimum atomic E-state index is 0.480. The minimum Gasteiger partial charge on any atom is -0.374 e. The Bertz CT molecular complexity index is 429. The van der Waals surface area contributed by atoms with Gasteiger partial charge in [-0.2, -0.15) is 0 Å². The van der Waals surface area contributed by atoms with Gasteiger partial charge in [0.15, 0.2) is 0 Å². The van der Waals surface area contributed by atoms with Gasteiger partial charge >= 0.3 is 0 Å². The second kappa shape index (κ2) is 6.26. The fourth-order valence-electron chi connectivity index (χ4n) is 3.71. The Kier molecular flexibility index (Phi) is 4.41. The SMILES string of the molecule is CC1CC(Nc2nnc(N)s2)CN(C2CCCCC2)C1. The molecule has 2 heterocycles. The van der Waals surface area contributed by atoms with E-state index in [0.717, 1.165) is 23.6 Å². The van der Waals surface area contributed by atoms with Gasteiger partial charge in [-0.3, -0.25) is 4.90 Å². The molecule has 2 aliphatic rings. The average Bonchev–Trinajstić information content (AvgIpc) is 2.84. The van der Waals surface area contributed by atoms with Gasteiger partial charge in [-0.05, 0) is 25.2 Å². The first-order chi connectivity index (χ1) is 9.70. The van der Waals surface area contributed by atoms with Gasteiger partial charge in [0.1, 0.15) is 0 Å². The molecule has 20 heavy (non-hydrogen) atoms. The van der Waals surface area contributed by atoms with Crippen LogP contribution in [0.4, 0.5) is 10.3 Å². The first-order valence-corrected chi connectivity index (χ1v) is 8.62. The molecular weight excluding hydrogens is 270 g/mol. The summed E-state index contributed by atoms with van der Waals surface area (Å²) < 4.78 is 0. The summed E-state index contributed by atoms with van der Waals surface area (Å²) in [5.74, 6) is 0.744. The maximum atomic E-state index is 5.65. The molecular formula is C14H25N5S. The second-order valence-electron chi connectivity index (χ2n) is 6.37. The van der Waals surface area contributed by atoms with Crippen molar-refractivity contribution in [2.24, 2.45) is 5.92 Å². The number of hydrogen-bond acceptors (Lipinski definition) is 6. The number of rotatable bonds is 3. The molecule has 0 bridgehead atoms. The van der Waals surface area contributed by atoms with Crippen LogP contribution in [0.1, 0.15) is 45.4 Å². The molecule has 1 aliphatic carbocycles. The molecule has 0 radical (unpaired) electrons. The summed E-state index contributed by atoms with van der Waals surface area (Å²) in [6.45, 7) is 4.74. The van der Waals surface area contributed by atoms with Crippen LogP contribution in [0, 0.1) is 5.92 Å². The van der Waals surface area contributed by atoms with Gasteiger partial charge in [0.05, 0.1) is 0 Å². The summed E-state index contributed by atoms with van der Waals surface area (Å²) in [7, 11) is 0. The molecule has 1 aromatic heterocycles. The van der Waals surface area contributed by atoms with E-state index in [9.17, 15) is 0 Å². The van der Waals surface area contributed by atoms with Gasteiger partial charge in [0.25, 0.3) is 0 Å². The zero-order valence-electron chi connectivity index (χ0n) is 12.2. The third-order valence-electron chi connectivity index (χ3n) is 4.55. The number of nitrogens with one attached hydrogen (secondary N) is 1. The lowest BCUT2D eigenvalue weighted by atomic mass is 9.89. The Morgan fingerprint density at radius 1 is 1.20 bits per heavy atom. The summed E-state index contributed by atoms with van der Waals surface area (Å²) in [6.07, 6.45) is 8.20. The van der Waals surface area contributed by atoms with E-state index in [1.165, 1.54) is 56.4 Å². The smallest absolute Gasteiger partial charge is 0.207 e. The van der Waals surface area contributed by atoms with Crippen molar-refractivity contribution in [3.8, 4) is 0 Å². The summed E-state index contributed by atoms with van der Waals surface area (Å²) in [5, 5.41) is 12.9. The average molecular weight is 295 g/mol. The van der Waals surface area contributed by atoms with Crippen LogP contribution in [0.3, 0.4) is 0 Å². The van der Waals surface area contributed by atoms with Crippen molar-refractivity contribution in [2.45, 2.75) is 57.5 Å². The molecule has 3 rings (SSSR count). The Morgan fingerprint density at radius 2 is 2.00 bits per heavy atom. The number of nitrogen functional groups attached to an aromatic ring is 1. The fourth-order valence-corrected chi connectivity index (χ4v) is 4.30. The van der Waals surface area contributed by atoms with E-state index < -0.39 is 0 Å². The van der Waals surface area contributed by atoms with E-state index in [4.69, 9.17) is 5.73 Å². The van der Waals surface area contributed by atoms with Crippen molar-refractivity contribution < 1.29 is 0 Å². The number of likely N-dealkylation sites (tertiary alicyclic amines) is 1. The maximum absolute atomic E-state index is 5.65. The highest BCUT2D eigenvalue weighted by Crippen LogP contribution is 2.28. The zero-order valence-corrected chi connectivity index (χ0v) is 13.0. The number of aromatic nitrogens is 2. The number of nitrogens with zero attached hydrogens (tertiary/aromatic N) is 3. The monoisotopic (exact) mass is 295 g/mol. The van der Waals surface area contributed by atoms with Crippen molar-refractivity contribution in [3.05, 3.63) is 0 Å². The third kappa shape index (κ3) is 3.41. The third-order valence-corrected chi connectivity index (χ3v) is 5.23. The van der Waals surface area contributed by atoms with Crippen molar-refractivity contribution in [2.75, 3.05) is 24.1 Å². The lowest BCUT2D eigenvalue weighted by Gasteiger charge is -2.42. The van der Waals surface area contributed by atoms with Crippen LogP contribution in [0.25, 0.3) is 0 Å². The van der Waals surface area contributed by atoms with Crippen molar-refractivity contribution >= 4 is 21.6 Å². The molecule has 1 saturated heterocycles. The quantitative estimate of drug-likeness (QED) is 0.897. The molecule has 2 fully saturated rings. The first kappa shape index (κ1) is 14.1. The van der Waals surface area contributed by atoms with E-state index in [2.05, 4.69) is 27.3 Å². The van der Waals surface area contributed by atoms with Crippen LogP contribution >= 0.6 is 11.3 Å². The molecule has 0 amide bonds. The Balaban J connectivity index is 1.60. The van der Waals surface area contributed by atoms with Crippen LogP contribution in [0.2, 0.25) is 0 Å². The van der Waals surface area contributed by atoms with Crippen LogP contribution in [-0.4, -0.2) is 40.3 Å². The van der Waals surface area contributed by atoms with E-state index in [-0.39, 0.29) is 0 Å². The van der Waals surface area contributed by atoms with Crippen molar-refractivity contribution in [3.63, 3.8) is 0 Å². The van der Waals surface area contributed by atoms with E-state index in [1.807, 2.05) is 0 Å². The molecule has 6 heteroatoms. The Labute approximate surface area is 124 Å². The molecule has 0 spiro atoms. The number of piperidine rings is 1. The molecule has 3 N–H and O–H groups in total. The Morgan fingerprint density at radius 3 is 2.70 bits per heavy atom. The van der Waals surface area contributed by atoms with Crippen LogP contribution in [-0.2, 0) is 0 Å². The molecule has 1 aromatic rings. The summed E-state index contributed by atoms with van der Waals surface area (Å²) >= 11 is 1.45. The van der Waals surface area contributed by atoms with Crippen molar-refractivity contribution in [1.82, 2.24) is 15.1 Å². The number of nitrogens with two attached hydrogens (primary N) is 1. The zero-order chi connectivity index (χ0) is 13.9. The first-order valence-electron chi connectivity index (χ1n) is 7.80. The van der Waals surface area contributed by atoms with Crippen LogP contribution in [0.15, 0.2) is 0 Å². The summed E-state index contributed by atoms with van der Waals surface area (Å²) in [4.78, 5) is 2.70. The Hall–Kier alpha value is -0.880. The highest BCUT2D eigenvalue weighted by atomic mass is 32.1. The predicted octanol–water partition coefficient (Wildman–Crippen LogP) is 2.58. The molecule has 0 aromatic carbocycles. The van der Waals surface area contributed by atoms with Gasteiger partial charge in [0.2, 0.25) is 10.3 Å². The molecule has 5 nitrogen and oxygen atoms in total. The van der Waals surface area contributed by atoms with Crippen LogP contribution in [0.5, 0.6) is 0 Å². The lowest BCUT2D eigenvalue weighted by molar-refractivity contribution is 0.0968. The van der Waals surface area contributed by atoms with Gasteiger partial charge in [-0.25, -0.2) is 0 Å². The summed E-state index contributed by atoms with van der Waals surface area (Å²) in [6, 6.07) is 1.28. The van der Waals surface area contributed by atoms with Gasteiger partial charge < -0.3 is 11.1 Å². The molecule has 2 atom stereocenters. The lowest BCUT2D eigenvalue weighted by Crippen LogP contribution is -2.50. The van der Waals surface area contributed by atoms with Gasteiger partial charge in [-0.15, -0.1) is 10.2 Å². The van der Waals surface area contributed by atoms with E-state index in [0.29, 0.717) is 11.2 Å². The largest absolute Gasteiger partial charge is 0.374 e. The predicted molar refractivity (Wildman–Crippen MR) is 84.0 cm³/mol. The standard InChI is InChI=1S/C14H25N5S/c1-10-7-11(16-14-18-17-13(15)20-14)9-19(8-10)12-5-3-2-4-6-12/h10-12H,2-9H2,1H3,(H2,15,17)(H,16,18). The maximum Gasteiger partial charge on any atom is 0.207 e. The van der Waals surface area contributed by atoms with E-state index >= 15 is 0 Å². The fraction of sp³-hybridized carbons (Fsp3) is 0.857. The molecule has 1 saturated carbocycles. The number of hydrogen-bond donors (Lipinski definition) is 2. The van der Waals surface area contributed by atoms with Gasteiger partial charge in [-0.1, -0.05) is 37.5 Å². The number of anilines is 2. The minimum absolute atomic E-state index is 0.480. The molecule has 2 unspecified atom stereocenters. The molecule has 1 aliphatic heterocycles. The van der Waals surface area contributed by atoms with Crippen molar-refractivity contribution in [1.29, 1.82) is 0 Å². The van der Waals surface area contributed by atoms with E-state index in [1.54, 1.807) is 0 Å². The molecule has 112 valence electrons. The normalized spacial score (nSPS) is 29.4. The van der Waals surface area contributed by atoms with Gasteiger partial charge in [0, 0.05) is 25.2 Å². The highest BCUT2D eigenvalue weighted by Gasteiger charge is 2.30. The topological polar surface area (TPSA) is 67.1 Å². The summed E-state index contributed by atoms with van der Waals surface area (Å²) in [5.41, 5.74) is 5.65. The van der Waals surface area contributed by atoms with Crippen LogP contribution < -0.4 is 11.1 Å². The second-order valence-corrected chi connectivity index (χ2v) is 7.38.